The van der Waals surface area contributed by atoms with E-state index in [1.807, 2.05) is 0 Å². The minimum Gasteiger partial charge on any atom is -0.480 e. The van der Waals surface area contributed by atoms with Crippen LogP contribution in [0.1, 0.15) is 25.7 Å². The summed E-state index contributed by atoms with van der Waals surface area (Å²) in [6, 6.07) is 7.25. The molecule has 3 aliphatic rings. The van der Waals surface area contributed by atoms with Crippen molar-refractivity contribution in [3.05, 3.63) is 58.1 Å². The zero-order valence-electron chi connectivity index (χ0n) is 19.6. The zero-order chi connectivity index (χ0) is 27.1. The predicted molar refractivity (Wildman–Crippen MR) is 129 cm³/mol. The van der Waals surface area contributed by atoms with Gasteiger partial charge in [0.25, 0.3) is 11.8 Å². The van der Waals surface area contributed by atoms with E-state index in [0.717, 1.165) is 12.1 Å². The topological polar surface area (TPSA) is 131 Å². The molecule has 2 aromatic rings. The van der Waals surface area contributed by atoms with Crippen molar-refractivity contribution in [1.29, 1.82) is 0 Å². The largest absolute Gasteiger partial charge is 0.480 e. The van der Waals surface area contributed by atoms with Gasteiger partial charge in [0.15, 0.2) is 12.2 Å². The molecule has 198 valence electrons. The van der Waals surface area contributed by atoms with Crippen LogP contribution in [-0.2, 0) is 19.1 Å². The maximum atomic E-state index is 14.0. The molecule has 5 rings (SSSR count). The van der Waals surface area contributed by atoms with Crippen LogP contribution in [0.15, 0.2) is 36.4 Å². The fraction of sp³-hybridized carbons (Fsp3) is 0.400. The second kappa shape index (κ2) is 10.1. The molecule has 0 radical (unpaired) electrons. The number of halogens is 4. The highest BCUT2D eigenvalue weighted by Gasteiger charge is 2.67. The molecule has 0 saturated heterocycles. The number of hydrogen-bond acceptors (Lipinski definition) is 6. The quantitative estimate of drug-likeness (QED) is 0.485. The van der Waals surface area contributed by atoms with Gasteiger partial charge in [0.1, 0.15) is 28.9 Å². The lowest BCUT2D eigenvalue weighted by atomic mass is 9.48. The molecule has 3 fully saturated rings. The number of hydrogen-bond donors (Lipinski definition) is 2. The van der Waals surface area contributed by atoms with E-state index in [1.54, 1.807) is 0 Å². The van der Waals surface area contributed by atoms with Crippen molar-refractivity contribution in [1.82, 2.24) is 0 Å². The minimum atomic E-state index is -1.45. The molecule has 0 aromatic heterocycles. The molecule has 0 spiro atoms. The number of fused-ring (bicyclic) bond motifs is 3. The van der Waals surface area contributed by atoms with Crippen molar-refractivity contribution in [2.45, 2.75) is 44.0 Å². The molecule has 5 atom stereocenters. The molecule has 3 saturated carbocycles. The van der Waals surface area contributed by atoms with Gasteiger partial charge in [0.2, 0.25) is 0 Å². The molecule has 2 amide bonds. The van der Waals surface area contributed by atoms with Crippen LogP contribution in [0.2, 0.25) is 10.0 Å². The highest BCUT2D eigenvalue weighted by molar-refractivity contribution is 6.31. The van der Waals surface area contributed by atoms with E-state index in [-0.39, 0.29) is 47.2 Å². The molecular weight excluding hydrogens is 533 g/mol. The second-order valence-electron chi connectivity index (χ2n) is 9.37. The van der Waals surface area contributed by atoms with Crippen molar-refractivity contribution in [2.24, 2.45) is 22.3 Å². The number of methoxy groups -OCH3 is 1. The van der Waals surface area contributed by atoms with Crippen LogP contribution in [0.4, 0.5) is 8.78 Å². The van der Waals surface area contributed by atoms with Crippen LogP contribution < -0.4 is 20.9 Å². The monoisotopic (exact) mass is 556 g/mol. The van der Waals surface area contributed by atoms with Gasteiger partial charge in [0.05, 0.1) is 21.6 Å². The summed E-state index contributed by atoms with van der Waals surface area (Å²) in [7, 11) is 1.39. The van der Waals surface area contributed by atoms with Crippen molar-refractivity contribution >= 4 is 40.8 Å². The summed E-state index contributed by atoms with van der Waals surface area (Å²) in [5.74, 6) is -3.79. The molecule has 2 aromatic carbocycles. The van der Waals surface area contributed by atoms with E-state index in [0.29, 0.717) is 0 Å². The highest BCUT2D eigenvalue weighted by atomic mass is 35.5. The Bertz CT molecular complexity index is 1260. The SMILES string of the molecule is CO[C@H]1C[C@@]2(C(Oc3ccc(Cl)c(F)c3)C(N)=O)CC[C@@]1(C(Oc1ccc(Cl)c(F)c1)C(N)=O)CC2=O. The maximum absolute atomic E-state index is 14.0. The third-order valence-corrected chi connectivity index (χ3v) is 8.00. The smallest absolute Gasteiger partial charge is 0.259 e. The number of nitrogens with two attached hydrogens (primary N) is 2. The first-order chi connectivity index (χ1) is 17.4. The molecule has 3 aliphatic carbocycles. The van der Waals surface area contributed by atoms with Gasteiger partial charge in [-0.15, -0.1) is 0 Å². The lowest BCUT2D eigenvalue weighted by Gasteiger charge is -2.58. The fourth-order valence-electron chi connectivity index (χ4n) is 5.55. The van der Waals surface area contributed by atoms with Gasteiger partial charge in [0, 0.05) is 31.1 Å². The van der Waals surface area contributed by atoms with Crippen LogP contribution in [0.25, 0.3) is 0 Å². The second-order valence-corrected chi connectivity index (χ2v) is 10.2. The number of primary amides is 2. The van der Waals surface area contributed by atoms with Gasteiger partial charge in [-0.25, -0.2) is 8.78 Å². The lowest BCUT2D eigenvalue weighted by Crippen LogP contribution is -2.69. The Balaban J connectivity index is 1.68. The molecule has 37 heavy (non-hydrogen) atoms. The lowest BCUT2D eigenvalue weighted by molar-refractivity contribution is -0.197. The van der Waals surface area contributed by atoms with Crippen LogP contribution in [0, 0.1) is 22.5 Å². The fourth-order valence-corrected chi connectivity index (χ4v) is 5.79. The molecule has 12 heteroatoms. The van der Waals surface area contributed by atoms with Crippen LogP contribution >= 0.6 is 23.2 Å². The zero-order valence-corrected chi connectivity index (χ0v) is 21.2. The number of rotatable bonds is 9. The molecule has 8 nitrogen and oxygen atoms in total. The van der Waals surface area contributed by atoms with E-state index in [4.69, 9.17) is 48.9 Å². The third kappa shape index (κ3) is 4.73. The first-order valence-corrected chi connectivity index (χ1v) is 12.1. The van der Waals surface area contributed by atoms with Gasteiger partial charge in [-0.05, 0) is 43.5 Å². The maximum Gasteiger partial charge on any atom is 0.259 e. The molecule has 2 unspecified atom stereocenters. The van der Waals surface area contributed by atoms with E-state index in [2.05, 4.69) is 0 Å². The van der Waals surface area contributed by atoms with Crippen LogP contribution in [0.5, 0.6) is 11.5 Å². The molecular formula is C25H24Cl2F2N2O6. The summed E-state index contributed by atoms with van der Waals surface area (Å²) >= 11 is 11.5. The first kappa shape index (κ1) is 27.1. The normalized spacial score (nSPS) is 26.4. The first-order valence-electron chi connectivity index (χ1n) is 11.3. The Morgan fingerprint density at radius 1 is 0.946 bits per heavy atom. The third-order valence-electron chi connectivity index (χ3n) is 7.39. The van der Waals surface area contributed by atoms with Crippen LogP contribution in [0.3, 0.4) is 0 Å². The van der Waals surface area contributed by atoms with Gasteiger partial charge >= 0.3 is 0 Å². The molecule has 2 bridgehead atoms. The summed E-state index contributed by atoms with van der Waals surface area (Å²) in [4.78, 5) is 38.8. The minimum absolute atomic E-state index is 0.00658. The van der Waals surface area contributed by atoms with Crippen LogP contribution in [-0.4, -0.2) is 43.0 Å². The summed E-state index contributed by atoms with van der Waals surface area (Å²) in [6.45, 7) is 0. The Labute approximate surface area is 221 Å². The van der Waals surface area contributed by atoms with Gasteiger partial charge in [-0.2, -0.15) is 0 Å². The van der Waals surface area contributed by atoms with Gasteiger partial charge < -0.3 is 25.7 Å². The molecule has 0 heterocycles. The number of amides is 2. The van der Waals surface area contributed by atoms with Crippen molar-refractivity contribution < 1.29 is 37.4 Å². The summed E-state index contributed by atoms with van der Waals surface area (Å²) in [5, 5.41) is -0.279. The summed E-state index contributed by atoms with van der Waals surface area (Å²) in [5.41, 5.74) is 8.75. The van der Waals surface area contributed by atoms with E-state index in [9.17, 15) is 23.2 Å². The Morgan fingerprint density at radius 2 is 1.46 bits per heavy atom. The number of carbonyl (C=O) groups excluding carboxylic acids is 3. The Hall–Kier alpha value is -2.95. The number of Topliss-reactive ketones (excluding diaryl/α,β-unsaturated/α-hetero) is 1. The average molecular weight is 557 g/mol. The van der Waals surface area contributed by atoms with Crippen molar-refractivity contribution in [3.63, 3.8) is 0 Å². The van der Waals surface area contributed by atoms with Crippen molar-refractivity contribution in [2.75, 3.05) is 7.11 Å². The van der Waals surface area contributed by atoms with E-state index >= 15 is 0 Å². The molecule has 0 aliphatic heterocycles. The number of ketones is 1. The summed E-state index contributed by atoms with van der Waals surface area (Å²) in [6.07, 6.45) is -3.65. The van der Waals surface area contributed by atoms with Gasteiger partial charge in [-0.3, -0.25) is 14.4 Å². The van der Waals surface area contributed by atoms with E-state index < -0.39 is 58.4 Å². The Kier molecular flexibility index (Phi) is 7.38. The molecule has 4 N–H and O–H groups in total. The predicted octanol–water partition coefficient (Wildman–Crippen LogP) is 3.58. The van der Waals surface area contributed by atoms with E-state index in [1.165, 1.54) is 31.4 Å². The highest BCUT2D eigenvalue weighted by Crippen LogP contribution is 2.59. The summed E-state index contributed by atoms with van der Waals surface area (Å²) < 4.78 is 45.3. The number of ether oxygens (including phenoxy) is 3. The standard InChI is InChI=1S/C25H24Cl2F2N2O6/c1-35-19-11-24(20(22(30)33)36-12-2-4-14(26)16(28)8-12)6-7-25(19,10-18(24)32)21(23(31)34)37-13-3-5-15(27)17(29)9-13/h2-5,8-9,19-21H,6-7,10-11H2,1H3,(H2,30,33)(H2,31,34)/t19-,20?,21?,24-,25+/m0/s1. The van der Waals surface area contributed by atoms with Crippen molar-refractivity contribution in [3.8, 4) is 11.5 Å². The van der Waals surface area contributed by atoms with Gasteiger partial charge in [-0.1, -0.05) is 23.2 Å². The number of benzene rings is 2. The Morgan fingerprint density at radius 3 is 1.89 bits per heavy atom. The average Bonchev–Trinajstić information content (AvgIpc) is 2.85. The number of carbonyl (C=O) groups is 3.